The van der Waals surface area contributed by atoms with Crippen LogP contribution in [0.2, 0.25) is 0 Å². The molecule has 0 atom stereocenters. The Bertz CT molecular complexity index is 639. The highest BCUT2D eigenvalue weighted by Gasteiger charge is 2.20. The van der Waals surface area contributed by atoms with Gasteiger partial charge in [0.05, 0.1) is 11.6 Å². The van der Waals surface area contributed by atoms with Gasteiger partial charge in [-0.2, -0.15) is 5.26 Å². The second kappa shape index (κ2) is 4.85. The highest BCUT2D eigenvalue weighted by Crippen LogP contribution is 2.29. The van der Waals surface area contributed by atoms with Gasteiger partial charge in [0.25, 0.3) is 0 Å². The highest BCUT2D eigenvalue weighted by atomic mass is 19.1. The minimum Gasteiger partial charge on any atom is -0.371 e. The molecule has 2 heterocycles. The van der Waals surface area contributed by atoms with Gasteiger partial charge in [0.1, 0.15) is 5.82 Å². The van der Waals surface area contributed by atoms with E-state index in [4.69, 9.17) is 5.26 Å². The molecule has 4 heteroatoms. The van der Waals surface area contributed by atoms with Crippen LogP contribution in [0.15, 0.2) is 30.5 Å². The third kappa shape index (κ3) is 2.24. The lowest BCUT2D eigenvalue weighted by molar-refractivity contribution is 0.488. The predicted octanol–water partition coefficient (Wildman–Crippen LogP) is 3.11. The summed E-state index contributed by atoms with van der Waals surface area (Å²) in [5, 5.41) is 9.77. The Balaban J connectivity index is 1.97. The number of halogens is 1. The number of nitrogens with zero attached hydrogens (tertiary/aromatic N) is 3. The average molecular weight is 255 g/mol. The van der Waals surface area contributed by atoms with Crippen LogP contribution in [0.5, 0.6) is 0 Å². The normalized spacial score (nSPS) is 16.5. The molecule has 1 saturated heterocycles. The zero-order valence-electron chi connectivity index (χ0n) is 10.5. The number of anilines is 1. The van der Waals surface area contributed by atoms with E-state index in [1.165, 1.54) is 12.1 Å². The molecule has 0 spiro atoms. The molecule has 96 valence electrons. The summed E-state index contributed by atoms with van der Waals surface area (Å²) in [7, 11) is 0. The topological polar surface area (TPSA) is 39.9 Å². The van der Waals surface area contributed by atoms with Gasteiger partial charge >= 0.3 is 0 Å². The van der Waals surface area contributed by atoms with E-state index in [1.54, 1.807) is 12.3 Å². The second-order valence-corrected chi connectivity index (χ2v) is 4.88. The Morgan fingerprint density at radius 3 is 2.79 bits per heavy atom. The van der Waals surface area contributed by atoms with Crippen LogP contribution in [0.25, 0.3) is 10.9 Å². The van der Waals surface area contributed by atoms with Crippen LogP contribution in [-0.2, 0) is 0 Å². The number of rotatable bonds is 1. The van der Waals surface area contributed by atoms with E-state index < -0.39 is 0 Å². The van der Waals surface area contributed by atoms with Crippen LogP contribution in [0.4, 0.5) is 10.1 Å². The van der Waals surface area contributed by atoms with Crippen molar-refractivity contribution in [2.75, 3.05) is 18.0 Å². The first-order chi connectivity index (χ1) is 9.28. The molecule has 1 aromatic carbocycles. The monoisotopic (exact) mass is 255 g/mol. The molecule has 1 aliphatic heterocycles. The average Bonchev–Trinajstić information content (AvgIpc) is 2.47. The van der Waals surface area contributed by atoms with E-state index >= 15 is 0 Å². The number of benzene rings is 1. The Kier molecular flexibility index (Phi) is 3.04. The van der Waals surface area contributed by atoms with Crippen LogP contribution >= 0.6 is 0 Å². The Morgan fingerprint density at radius 1 is 1.26 bits per heavy atom. The molecular formula is C15H14FN3. The van der Waals surface area contributed by atoms with E-state index in [0.29, 0.717) is 0 Å². The van der Waals surface area contributed by atoms with E-state index in [0.717, 1.165) is 42.5 Å². The minimum absolute atomic E-state index is 0.154. The third-order valence-electron chi connectivity index (χ3n) is 3.70. The SMILES string of the molecule is N#CC1CCN(c2ccnc3ccc(F)cc23)CC1. The fraction of sp³-hybridized carbons (Fsp3) is 0.333. The number of hydrogen-bond acceptors (Lipinski definition) is 3. The van der Waals surface area contributed by atoms with Gasteiger partial charge in [-0.05, 0) is 37.1 Å². The van der Waals surface area contributed by atoms with Gasteiger partial charge in [-0.3, -0.25) is 4.98 Å². The van der Waals surface area contributed by atoms with Crippen molar-refractivity contribution < 1.29 is 4.39 Å². The number of hydrogen-bond donors (Lipinski definition) is 0. The van der Waals surface area contributed by atoms with Gasteiger partial charge in [0.2, 0.25) is 0 Å². The smallest absolute Gasteiger partial charge is 0.124 e. The summed E-state index contributed by atoms with van der Waals surface area (Å²) in [6, 6.07) is 8.92. The van der Waals surface area contributed by atoms with E-state index in [9.17, 15) is 4.39 Å². The lowest BCUT2D eigenvalue weighted by Crippen LogP contribution is -2.33. The first-order valence-electron chi connectivity index (χ1n) is 6.47. The standard InChI is InChI=1S/C15H14FN3/c16-12-1-2-14-13(9-12)15(3-6-18-14)19-7-4-11(10-17)5-8-19/h1-3,6,9,11H,4-5,7-8H2. The molecule has 0 N–H and O–H groups in total. The fourth-order valence-corrected chi connectivity index (χ4v) is 2.63. The van der Waals surface area contributed by atoms with E-state index in [1.807, 2.05) is 6.07 Å². The Labute approximate surface area is 111 Å². The van der Waals surface area contributed by atoms with Gasteiger partial charge in [-0.1, -0.05) is 0 Å². The number of piperidine rings is 1. The quantitative estimate of drug-likeness (QED) is 0.786. The maximum atomic E-state index is 13.4. The van der Waals surface area contributed by atoms with Gasteiger partial charge in [0.15, 0.2) is 0 Å². The molecule has 3 nitrogen and oxygen atoms in total. The van der Waals surface area contributed by atoms with Crippen LogP contribution in [0.3, 0.4) is 0 Å². The maximum absolute atomic E-state index is 13.4. The van der Waals surface area contributed by atoms with Crippen LogP contribution in [0.1, 0.15) is 12.8 Å². The van der Waals surface area contributed by atoms with Gasteiger partial charge < -0.3 is 4.90 Å². The van der Waals surface area contributed by atoms with Crippen molar-refractivity contribution in [1.29, 1.82) is 5.26 Å². The molecule has 1 aliphatic rings. The van der Waals surface area contributed by atoms with Gasteiger partial charge in [-0.25, -0.2) is 4.39 Å². The lowest BCUT2D eigenvalue weighted by atomic mass is 9.98. The van der Waals surface area contributed by atoms with E-state index in [-0.39, 0.29) is 11.7 Å². The number of fused-ring (bicyclic) bond motifs is 1. The Morgan fingerprint density at radius 2 is 2.05 bits per heavy atom. The number of pyridine rings is 1. The van der Waals surface area contributed by atoms with Crippen LogP contribution in [0, 0.1) is 23.1 Å². The summed E-state index contributed by atoms with van der Waals surface area (Å²) in [5.41, 5.74) is 1.82. The summed E-state index contributed by atoms with van der Waals surface area (Å²) < 4.78 is 13.4. The van der Waals surface area contributed by atoms with Crippen molar-refractivity contribution in [3.05, 3.63) is 36.3 Å². The molecule has 3 rings (SSSR count). The molecule has 1 aromatic heterocycles. The summed E-state index contributed by atoms with van der Waals surface area (Å²) in [6.45, 7) is 1.68. The van der Waals surface area contributed by atoms with Crippen molar-refractivity contribution in [3.63, 3.8) is 0 Å². The lowest BCUT2D eigenvalue weighted by Gasteiger charge is -2.31. The maximum Gasteiger partial charge on any atom is 0.124 e. The largest absolute Gasteiger partial charge is 0.371 e. The molecule has 0 aliphatic carbocycles. The third-order valence-corrected chi connectivity index (χ3v) is 3.70. The van der Waals surface area contributed by atoms with Gasteiger partial charge in [-0.15, -0.1) is 0 Å². The fourth-order valence-electron chi connectivity index (χ4n) is 2.63. The molecule has 0 unspecified atom stereocenters. The highest BCUT2D eigenvalue weighted by molar-refractivity contribution is 5.91. The molecule has 19 heavy (non-hydrogen) atoms. The van der Waals surface area contributed by atoms with Crippen molar-refractivity contribution >= 4 is 16.6 Å². The van der Waals surface area contributed by atoms with Crippen molar-refractivity contribution in [2.24, 2.45) is 5.92 Å². The molecule has 0 amide bonds. The zero-order valence-corrected chi connectivity index (χ0v) is 10.5. The molecule has 0 saturated carbocycles. The summed E-state index contributed by atoms with van der Waals surface area (Å²) in [6.07, 6.45) is 3.50. The van der Waals surface area contributed by atoms with Crippen molar-refractivity contribution in [2.45, 2.75) is 12.8 Å². The molecule has 2 aromatic rings. The predicted molar refractivity (Wildman–Crippen MR) is 72.3 cm³/mol. The zero-order chi connectivity index (χ0) is 13.2. The first-order valence-corrected chi connectivity index (χ1v) is 6.47. The van der Waals surface area contributed by atoms with Crippen LogP contribution in [-0.4, -0.2) is 18.1 Å². The summed E-state index contributed by atoms with van der Waals surface area (Å²) >= 11 is 0. The molecule has 0 radical (unpaired) electrons. The number of aromatic nitrogens is 1. The summed E-state index contributed by atoms with van der Waals surface area (Å²) in [4.78, 5) is 6.48. The number of nitriles is 1. The summed E-state index contributed by atoms with van der Waals surface area (Å²) in [5.74, 6) is -0.0882. The Hall–Kier alpha value is -2.15. The van der Waals surface area contributed by atoms with Crippen molar-refractivity contribution in [3.8, 4) is 6.07 Å². The first kappa shape index (κ1) is 11.9. The van der Waals surface area contributed by atoms with Crippen LogP contribution < -0.4 is 4.90 Å². The van der Waals surface area contributed by atoms with Gasteiger partial charge in [0, 0.05) is 36.3 Å². The van der Waals surface area contributed by atoms with Crippen molar-refractivity contribution in [1.82, 2.24) is 4.98 Å². The molecular weight excluding hydrogens is 241 g/mol. The van der Waals surface area contributed by atoms with E-state index in [2.05, 4.69) is 16.0 Å². The minimum atomic E-state index is -0.242. The second-order valence-electron chi connectivity index (χ2n) is 4.88. The molecule has 1 fully saturated rings. The molecule has 0 bridgehead atoms.